The number of pyridine rings is 1. The molecule has 0 radical (unpaired) electrons. The van der Waals surface area contributed by atoms with E-state index in [2.05, 4.69) is 4.98 Å². The number of nitrogens with zero attached hydrogens (tertiary/aromatic N) is 1. The number of benzene rings is 1. The highest BCUT2D eigenvalue weighted by Gasteiger charge is 2.08. The molecule has 0 aliphatic heterocycles. The van der Waals surface area contributed by atoms with Crippen LogP contribution >= 0.6 is 11.6 Å². The Morgan fingerprint density at radius 1 is 1.06 bits per heavy atom. The summed E-state index contributed by atoms with van der Waals surface area (Å²) in [7, 11) is 0. The fraction of sp³-hybridized carbons (Fsp3) is 0.0833. The summed E-state index contributed by atoms with van der Waals surface area (Å²) in [5.41, 5.74) is 14.5. The third-order valence-electron chi connectivity index (χ3n) is 2.43. The molecule has 0 saturated heterocycles. The first-order valence-electron chi connectivity index (χ1n) is 4.90. The van der Waals surface area contributed by atoms with Gasteiger partial charge in [-0.05, 0) is 11.1 Å². The van der Waals surface area contributed by atoms with E-state index in [1.807, 2.05) is 30.3 Å². The van der Waals surface area contributed by atoms with Gasteiger partial charge in [-0.2, -0.15) is 0 Å². The molecule has 0 saturated carbocycles. The van der Waals surface area contributed by atoms with Gasteiger partial charge >= 0.3 is 0 Å². The largest absolute Gasteiger partial charge is 0.397 e. The lowest BCUT2D eigenvalue weighted by atomic mass is 10.1. The molecular formula is C12H12ClN3. The molecule has 0 aliphatic rings. The molecule has 0 unspecified atom stereocenters. The Morgan fingerprint density at radius 2 is 1.75 bits per heavy atom. The van der Waals surface area contributed by atoms with Crippen molar-refractivity contribution in [1.82, 2.24) is 4.98 Å². The molecule has 82 valence electrons. The first-order valence-corrected chi connectivity index (χ1v) is 5.28. The predicted octanol–water partition coefficient (Wildman–Crippen LogP) is 2.49. The number of nitrogen functional groups attached to an aromatic ring is 2. The quantitative estimate of drug-likeness (QED) is 0.784. The normalized spacial score (nSPS) is 10.3. The second kappa shape index (κ2) is 4.41. The monoisotopic (exact) mass is 233 g/mol. The fourth-order valence-corrected chi connectivity index (χ4v) is 1.67. The van der Waals surface area contributed by atoms with Crippen LogP contribution in [0.2, 0.25) is 5.15 Å². The Bertz CT molecular complexity index is 497. The van der Waals surface area contributed by atoms with Gasteiger partial charge in [-0.25, -0.2) is 4.98 Å². The van der Waals surface area contributed by atoms with Crippen LogP contribution in [0.25, 0.3) is 0 Å². The molecule has 2 aromatic rings. The molecule has 0 amide bonds. The summed E-state index contributed by atoms with van der Waals surface area (Å²) in [5, 5.41) is 0.259. The van der Waals surface area contributed by atoms with E-state index < -0.39 is 0 Å². The van der Waals surface area contributed by atoms with Gasteiger partial charge < -0.3 is 11.5 Å². The molecule has 2 rings (SSSR count). The summed E-state index contributed by atoms with van der Waals surface area (Å²) < 4.78 is 0. The van der Waals surface area contributed by atoms with Crippen LogP contribution in [0.4, 0.5) is 11.4 Å². The van der Waals surface area contributed by atoms with Gasteiger partial charge in [0.05, 0.1) is 11.4 Å². The Kier molecular flexibility index (Phi) is 2.97. The maximum Gasteiger partial charge on any atom is 0.154 e. The molecule has 1 heterocycles. The van der Waals surface area contributed by atoms with Crippen molar-refractivity contribution in [3.63, 3.8) is 0 Å². The van der Waals surface area contributed by atoms with E-state index >= 15 is 0 Å². The number of rotatable bonds is 2. The number of nitrogens with two attached hydrogens (primary N) is 2. The van der Waals surface area contributed by atoms with Crippen LogP contribution in [0.1, 0.15) is 11.1 Å². The molecule has 4 heteroatoms. The second-order valence-corrected chi connectivity index (χ2v) is 3.92. The highest BCUT2D eigenvalue weighted by Crippen LogP contribution is 2.27. The van der Waals surface area contributed by atoms with Crippen LogP contribution in [0.3, 0.4) is 0 Å². The van der Waals surface area contributed by atoms with Crippen molar-refractivity contribution >= 4 is 23.0 Å². The number of anilines is 2. The smallest absolute Gasteiger partial charge is 0.154 e. The first kappa shape index (κ1) is 10.8. The highest BCUT2D eigenvalue weighted by atomic mass is 35.5. The molecule has 3 nitrogen and oxygen atoms in total. The zero-order valence-corrected chi connectivity index (χ0v) is 9.41. The Balaban J connectivity index is 2.33. The van der Waals surface area contributed by atoms with Gasteiger partial charge in [-0.1, -0.05) is 41.9 Å². The molecule has 16 heavy (non-hydrogen) atoms. The fourth-order valence-electron chi connectivity index (χ4n) is 1.51. The first-order chi connectivity index (χ1) is 7.68. The number of aromatic nitrogens is 1. The lowest BCUT2D eigenvalue weighted by molar-refractivity contribution is 1.15. The van der Waals surface area contributed by atoms with Crippen molar-refractivity contribution in [2.24, 2.45) is 0 Å². The molecule has 0 aliphatic carbocycles. The number of hydrogen-bond acceptors (Lipinski definition) is 3. The molecule has 1 aromatic carbocycles. The molecule has 0 atom stereocenters. The van der Waals surface area contributed by atoms with Crippen LogP contribution in [0.15, 0.2) is 36.5 Å². The lowest BCUT2D eigenvalue weighted by Crippen LogP contribution is -2.03. The molecule has 1 aromatic heterocycles. The van der Waals surface area contributed by atoms with E-state index in [0.29, 0.717) is 17.8 Å². The van der Waals surface area contributed by atoms with Crippen LogP contribution in [-0.4, -0.2) is 4.98 Å². The second-order valence-electron chi connectivity index (χ2n) is 3.56. The van der Waals surface area contributed by atoms with Crippen molar-refractivity contribution in [2.75, 3.05) is 11.5 Å². The van der Waals surface area contributed by atoms with E-state index in [9.17, 15) is 0 Å². The van der Waals surface area contributed by atoms with E-state index in [-0.39, 0.29) is 5.15 Å². The van der Waals surface area contributed by atoms with Gasteiger partial charge in [-0.3, -0.25) is 0 Å². The highest BCUT2D eigenvalue weighted by molar-refractivity contribution is 6.32. The van der Waals surface area contributed by atoms with Crippen LogP contribution in [0, 0.1) is 0 Å². The molecule has 0 bridgehead atoms. The van der Waals surface area contributed by atoms with E-state index in [0.717, 1.165) is 11.1 Å². The van der Waals surface area contributed by atoms with Gasteiger partial charge in [-0.15, -0.1) is 0 Å². The van der Waals surface area contributed by atoms with Gasteiger partial charge in [0.15, 0.2) is 5.15 Å². The van der Waals surface area contributed by atoms with Crippen molar-refractivity contribution in [3.8, 4) is 0 Å². The zero-order valence-electron chi connectivity index (χ0n) is 8.65. The number of halogens is 1. The summed E-state index contributed by atoms with van der Waals surface area (Å²) in [6.45, 7) is 0. The number of hydrogen-bond donors (Lipinski definition) is 2. The molecule has 0 fully saturated rings. The predicted molar refractivity (Wildman–Crippen MR) is 67.3 cm³/mol. The van der Waals surface area contributed by atoms with Gasteiger partial charge in [0, 0.05) is 12.6 Å². The van der Waals surface area contributed by atoms with Gasteiger partial charge in [0.25, 0.3) is 0 Å². The van der Waals surface area contributed by atoms with Gasteiger partial charge in [0.1, 0.15) is 0 Å². The summed E-state index contributed by atoms with van der Waals surface area (Å²) in [4.78, 5) is 4.00. The van der Waals surface area contributed by atoms with Crippen LogP contribution < -0.4 is 11.5 Å². The molecular weight excluding hydrogens is 222 g/mol. The molecule has 0 spiro atoms. The Morgan fingerprint density at radius 3 is 2.44 bits per heavy atom. The average Bonchev–Trinajstić information content (AvgIpc) is 2.31. The third-order valence-corrected chi connectivity index (χ3v) is 2.73. The topological polar surface area (TPSA) is 64.9 Å². The molecule has 4 N–H and O–H groups in total. The standard InChI is InChI=1S/C12H12ClN3/c13-12-11(15)10(14)9(7-16-12)6-8-4-2-1-3-5-8/h1-5,7H,6,15H2,(H2,14,16). The van der Waals surface area contributed by atoms with E-state index in [4.69, 9.17) is 23.1 Å². The lowest BCUT2D eigenvalue weighted by Gasteiger charge is -2.08. The van der Waals surface area contributed by atoms with Crippen molar-refractivity contribution in [2.45, 2.75) is 6.42 Å². The third kappa shape index (κ3) is 2.09. The Labute approximate surface area is 99.1 Å². The summed E-state index contributed by atoms with van der Waals surface area (Å²) in [5.74, 6) is 0. The summed E-state index contributed by atoms with van der Waals surface area (Å²) in [6, 6.07) is 10.0. The zero-order chi connectivity index (χ0) is 11.5. The summed E-state index contributed by atoms with van der Waals surface area (Å²) in [6.07, 6.45) is 2.38. The van der Waals surface area contributed by atoms with E-state index in [1.165, 1.54) is 0 Å². The van der Waals surface area contributed by atoms with Gasteiger partial charge in [0.2, 0.25) is 0 Å². The Hall–Kier alpha value is -1.74. The average molecular weight is 234 g/mol. The van der Waals surface area contributed by atoms with E-state index in [1.54, 1.807) is 6.20 Å². The minimum absolute atomic E-state index is 0.259. The maximum absolute atomic E-state index is 5.88. The maximum atomic E-state index is 5.88. The minimum Gasteiger partial charge on any atom is -0.397 e. The summed E-state index contributed by atoms with van der Waals surface area (Å²) >= 11 is 5.77. The van der Waals surface area contributed by atoms with Crippen LogP contribution in [0.5, 0.6) is 0 Å². The van der Waals surface area contributed by atoms with Crippen molar-refractivity contribution in [3.05, 3.63) is 52.8 Å². The minimum atomic E-state index is 0.259. The van der Waals surface area contributed by atoms with Crippen molar-refractivity contribution in [1.29, 1.82) is 0 Å². The SMILES string of the molecule is Nc1c(Cc2ccccc2)cnc(Cl)c1N. The van der Waals surface area contributed by atoms with Crippen molar-refractivity contribution < 1.29 is 0 Å². The van der Waals surface area contributed by atoms with Crippen LogP contribution in [-0.2, 0) is 6.42 Å².